The maximum atomic E-state index is 15.0. The fourth-order valence-corrected chi connectivity index (χ4v) is 3.48. The normalized spacial score (nSPS) is 11.2. The summed E-state index contributed by atoms with van der Waals surface area (Å²) in [7, 11) is 0. The van der Waals surface area contributed by atoms with Gasteiger partial charge in [-0.25, -0.2) is 13.2 Å². The smallest absolute Gasteiger partial charge is 0.206 e. The van der Waals surface area contributed by atoms with Crippen molar-refractivity contribution in [3.8, 4) is 11.1 Å². The molecule has 3 aromatic carbocycles. The molecule has 0 bridgehead atoms. The summed E-state index contributed by atoms with van der Waals surface area (Å²) in [6.07, 6.45) is 0.269. The van der Waals surface area contributed by atoms with Crippen molar-refractivity contribution in [3.63, 3.8) is 0 Å². The van der Waals surface area contributed by atoms with Gasteiger partial charge in [0, 0.05) is 5.56 Å². The largest absolute Gasteiger partial charge is 0.266 e. The zero-order valence-corrected chi connectivity index (χ0v) is 16.3. The molecule has 3 heteroatoms. The summed E-state index contributed by atoms with van der Waals surface area (Å²) in [6.45, 7) is 4.07. The third-order valence-electron chi connectivity index (χ3n) is 5.10. The average molecular weight is 382 g/mol. The zero-order valence-electron chi connectivity index (χ0n) is 16.3. The van der Waals surface area contributed by atoms with E-state index in [1.165, 1.54) is 5.56 Å². The predicted molar refractivity (Wildman–Crippen MR) is 109 cm³/mol. The molecule has 0 heterocycles. The number of aryl methyl sites for hydroxylation is 4. The molecule has 0 amide bonds. The SMILES string of the molecule is CCCc1ccc(CCc2ccc(-c3ccc(C)cc3)c(F)c2C(F)F)cc1. The third-order valence-corrected chi connectivity index (χ3v) is 5.10. The van der Waals surface area contributed by atoms with Crippen LogP contribution in [0, 0.1) is 12.7 Å². The number of benzene rings is 3. The highest BCUT2D eigenvalue weighted by atomic mass is 19.3. The van der Waals surface area contributed by atoms with Gasteiger partial charge in [0.15, 0.2) is 0 Å². The van der Waals surface area contributed by atoms with Crippen LogP contribution in [0.5, 0.6) is 0 Å². The quantitative estimate of drug-likeness (QED) is 0.397. The van der Waals surface area contributed by atoms with Crippen molar-refractivity contribution in [3.05, 3.63) is 94.3 Å². The molecule has 0 unspecified atom stereocenters. The first-order chi connectivity index (χ1) is 13.5. The Labute approximate surface area is 165 Å². The molecule has 0 atom stereocenters. The van der Waals surface area contributed by atoms with Gasteiger partial charge in [-0.3, -0.25) is 0 Å². The first kappa shape index (κ1) is 20.2. The monoisotopic (exact) mass is 382 g/mol. The molecule has 0 aromatic heterocycles. The van der Waals surface area contributed by atoms with Crippen LogP contribution in [0.3, 0.4) is 0 Å². The lowest BCUT2D eigenvalue weighted by Crippen LogP contribution is -2.03. The van der Waals surface area contributed by atoms with E-state index >= 15 is 0 Å². The molecular formula is C25H25F3. The first-order valence-corrected chi connectivity index (χ1v) is 9.74. The summed E-state index contributed by atoms with van der Waals surface area (Å²) in [5.41, 5.74) is 4.13. The Morgan fingerprint density at radius 3 is 1.93 bits per heavy atom. The maximum Gasteiger partial charge on any atom is 0.266 e. The molecule has 3 aromatic rings. The van der Waals surface area contributed by atoms with E-state index in [9.17, 15) is 13.2 Å². The van der Waals surface area contributed by atoms with E-state index < -0.39 is 17.8 Å². The van der Waals surface area contributed by atoms with Crippen molar-refractivity contribution < 1.29 is 13.2 Å². The van der Waals surface area contributed by atoms with Gasteiger partial charge in [-0.2, -0.15) is 0 Å². The van der Waals surface area contributed by atoms with Crippen molar-refractivity contribution >= 4 is 0 Å². The molecule has 0 spiro atoms. The van der Waals surface area contributed by atoms with Gasteiger partial charge in [-0.05, 0) is 48.4 Å². The van der Waals surface area contributed by atoms with Gasteiger partial charge < -0.3 is 0 Å². The molecule has 146 valence electrons. The summed E-state index contributed by atoms with van der Waals surface area (Å²) >= 11 is 0. The molecule has 0 aliphatic heterocycles. The van der Waals surface area contributed by atoms with Crippen molar-refractivity contribution in [1.29, 1.82) is 0 Å². The minimum Gasteiger partial charge on any atom is -0.206 e. The van der Waals surface area contributed by atoms with E-state index in [0.29, 0.717) is 24.0 Å². The molecule has 0 radical (unpaired) electrons. The Balaban J connectivity index is 1.84. The van der Waals surface area contributed by atoms with Crippen molar-refractivity contribution in [2.24, 2.45) is 0 Å². The van der Waals surface area contributed by atoms with E-state index in [0.717, 1.165) is 24.0 Å². The van der Waals surface area contributed by atoms with E-state index in [4.69, 9.17) is 0 Å². The van der Waals surface area contributed by atoms with Gasteiger partial charge >= 0.3 is 0 Å². The van der Waals surface area contributed by atoms with Crippen LogP contribution in [0.1, 0.15) is 47.6 Å². The highest BCUT2D eigenvalue weighted by Crippen LogP contribution is 2.33. The molecule has 0 nitrogen and oxygen atoms in total. The molecular weight excluding hydrogens is 357 g/mol. The minimum atomic E-state index is -2.84. The second kappa shape index (κ2) is 9.09. The number of alkyl halides is 2. The van der Waals surface area contributed by atoms with Crippen LogP contribution in [-0.2, 0) is 19.3 Å². The molecule has 0 fully saturated rings. The fraction of sp³-hybridized carbons (Fsp3) is 0.280. The fourth-order valence-electron chi connectivity index (χ4n) is 3.48. The standard InChI is InChI=1S/C25H25F3/c1-3-4-18-7-9-19(10-8-18)11-14-21-15-16-22(24(26)23(21)25(27)28)20-12-5-17(2)6-13-20/h5-10,12-13,15-16,25H,3-4,11,14H2,1-2H3. The Hall–Kier alpha value is -2.55. The van der Waals surface area contributed by atoms with E-state index in [1.54, 1.807) is 24.3 Å². The van der Waals surface area contributed by atoms with Crippen molar-refractivity contribution in [1.82, 2.24) is 0 Å². The molecule has 0 N–H and O–H groups in total. The summed E-state index contributed by atoms with van der Waals surface area (Å²) in [4.78, 5) is 0. The van der Waals surface area contributed by atoms with Crippen LogP contribution < -0.4 is 0 Å². The van der Waals surface area contributed by atoms with Gasteiger partial charge in [0.2, 0.25) is 0 Å². The van der Waals surface area contributed by atoms with Gasteiger partial charge in [-0.15, -0.1) is 0 Å². The number of rotatable bonds is 7. The van der Waals surface area contributed by atoms with Crippen LogP contribution in [0.25, 0.3) is 11.1 Å². The lowest BCUT2D eigenvalue weighted by atomic mass is 9.94. The lowest BCUT2D eigenvalue weighted by molar-refractivity contribution is 0.145. The van der Waals surface area contributed by atoms with Crippen LogP contribution >= 0.6 is 0 Å². The van der Waals surface area contributed by atoms with Gasteiger partial charge in [0.1, 0.15) is 5.82 Å². The Morgan fingerprint density at radius 2 is 1.36 bits per heavy atom. The first-order valence-electron chi connectivity index (χ1n) is 9.74. The topological polar surface area (TPSA) is 0 Å². The van der Waals surface area contributed by atoms with Gasteiger partial charge in [0.05, 0.1) is 5.56 Å². The molecule has 28 heavy (non-hydrogen) atoms. The average Bonchev–Trinajstić information content (AvgIpc) is 2.68. The van der Waals surface area contributed by atoms with Crippen molar-refractivity contribution in [2.75, 3.05) is 0 Å². The Bertz CT molecular complexity index is 910. The molecule has 0 aliphatic carbocycles. The number of halogens is 3. The van der Waals surface area contributed by atoms with Gasteiger partial charge in [-0.1, -0.05) is 79.6 Å². The van der Waals surface area contributed by atoms with E-state index in [-0.39, 0.29) is 5.56 Å². The van der Waals surface area contributed by atoms with Crippen molar-refractivity contribution in [2.45, 2.75) is 46.0 Å². The molecule has 0 saturated heterocycles. The van der Waals surface area contributed by atoms with Crippen LogP contribution in [0.2, 0.25) is 0 Å². The Kier molecular flexibility index (Phi) is 6.56. The predicted octanol–water partition coefficient (Wildman–Crippen LogP) is 7.48. The molecule has 0 saturated carbocycles. The van der Waals surface area contributed by atoms with E-state index in [2.05, 4.69) is 19.1 Å². The summed E-state index contributed by atoms with van der Waals surface area (Å²) < 4.78 is 42.3. The summed E-state index contributed by atoms with van der Waals surface area (Å²) in [6, 6.07) is 18.7. The zero-order chi connectivity index (χ0) is 20.1. The van der Waals surface area contributed by atoms with E-state index in [1.807, 2.05) is 31.2 Å². The number of hydrogen-bond donors (Lipinski definition) is 0. The highest BCUT2D eigenvalue weighted by Gasteiger charge is 2.21. The molecule has 3 rings (SSSR count). The summed E-state index contributed by atoms with van der Waals surface area (Å²) in [5.74, 6) is -0.811. The minimum absolute atomic E-state index is 0.225. The maximum absolute atomic E-state index is 15.0. The number of hydrogen-bond acceptors (Lipinski definition) is 0. The lowest BCUT2D eigenvalue weighted by Gasteiger charge is -2.14. The second-order valence-corrected chi connectivity index (χ2v) is 7.23. The van der Waals surface area contributed by atoms with Crippen LogP contribution in [-0.4, -0.2) is 0 Å². The van der Waals surface area contributed by atoms with Crippen LogP contribution in [0.4, 0.5) is 13.2 Å². The molecule has 0 aliphatic rings. The highest BCUT2D eigenvalue weighted by molar-refractivity contribution is 5.66. The Morgan fingerprint density at radius 1 is 0.750 bits per heavy atom. The second-order valence-electron chi connectivity index (χ2n) is 7.23. The van der Waals surface area contributed by atoms with Gasteiger partial charge in [0.25, 0.3) is 6.43 Å². The summed E-state index contributed by atoms with van der Waals surface area (Å²) in [5, 5.41) is 0. The third kappa shape index (κ3) is 4.64. The van der Waals surface area contributed by atoms with Crippen LogP contribution in [0.15, 0.2) is 60.7 Å².